The van der Waals surface area contributed by atoms with Gasteiger partial charge in [-0.25, -0.2) is 0 Å². The predicted molar refractivity (Wildman–Crippen MR) is 69.3 cm³/mol. The highest BCUT2D eigenvalue weighted by molar-refractivity contribution is 9.10. The number of fused-ring (bicyclic) bond motifs is 1. The highest BCUT2D eigenvalue weighted by Gasteiger charge is 2.19. The topological polar surface area (TPSA) is 12.0 Å². The van der Waals surface area contributed by atoms with Crippen LogP contribution in [0.4, 0.5) is 5.69 Å². The molecule has 0 atom stereocenters. The smallest absolute Gasteiger partial charge is 0.0502 e. The van der Waals surface area contributed by atoms with Crippen LogP contribution in [0.25, 0.3) is 0 Å². The second-order valence-electron chi connectivity index (χ2n) is 4.82. The zero-order valence-electron chi connectivity index (χ0n) is 9.39. The van der Waals surface area contributed by atoms with Crippen LogP contribution in [0, 0.1) is 0 Å². The van der Waals surface area contributed by atoms with Gasteiger partial charge in [-0.3, -0.25) is 0 Å². The maximum atomic E-state index is 3.56. The van der Waals surface area contributed by atoms with Crippen LogP contribution >= 0.6 is 15.9 Å². The Morgan fingerprint density at radius 3 is 2.80 bits per heavy atom. The molecule has 1 N–H and O–H groups in total. The van der Waals surface area contributed by atoms with Crippen molar-refractivity contribution in [3.05, 3.63) is 39.9 Å². The normalized spacial score (nSPS) is 18.5. The van der Waals surface area contributed by atoms with Crippen molar-refractivity contribution in [2.24, 2.45) is 0 Å². The fraction of sp³-hybridized carbons (Fsp3) is 0.385. The summed E-state index contributed by atoms with van der Waals surface area (Å²) in [5, 5.41) is 3.56. The lowest BCUT2D eigenvalue weighted by molar-refractivity contribution is 0.710. The van der Waals surface area contributed by atoms with Gasteiger partial charge in [-0.1, -0.05) is 27.6 Å². The molecule has 0 radical (unpaired) electrons. The van der Waals surface area contributed by atoms with Crippen molar-refractivity contribution in [1.29, 1.82) is 0 Å². The molecular formula is C13H16BrN. The van der Waals surface area contributed by atoms with Crippen molar-refractivity contribution >= 4 is 21.6 Å². The molecule has 15 heavy (non-hydrogen) atoms. The zero-order valence-corrected chi connectivity index (χ0v) is 11.0. The number of hydrogen-bond acceptors (Lipinski definition) is 1. The number of hydrogen-bond donors (Lipinski definition) is 1. The largest absolute Gasteiger partial charge is 0.376 e. The Labute approximate surface area is 99.7 Å². The van der Waals surface area contributed by atoms with Crippen LogP contribution in [0.3, 0.4) is 0 Å². The quantitative estimate of drug-likeness (QED) is 0.696. The maximum absolute atomic E-state index is 3.56. The van der Waals surface area contributed by atoms with E-state index in [1.165, 1.54) is 16.8 Å². The first kappa shape index (κ1) is 10.7. The minimum absolute atomic E-state index is 0.0448. The molecular weight excluding hydrogens is 250 g/mol. The molecule has 0 saturated heterocycles. The highest BCUT2D eigenvalue weighted by Crippen LogP contribution is 2.30. The van der Waals surface area contributed by atoms with E-state index >= 15 is 0 Å². The van der Waals surface area contributed by atoms with Crippen LogP contribution in [0.15, 0.2) is 34.3 Å². The van der Waals surface area contributed by atoms with Gasteiger partial charge in [-0.05, 0) is 51.0 Å². The summed E-state index contributed by atoms with van der Waals surface area (Å²) in [6, 6.07) is 6.43. The third-order valence-electron chi connectivity index (χ3n) is 2.60. The molecule has 1 aliphatic rings. The Balaban J connectivity index is 2.48. The van der Waals surface area contributed by atoms with E-state index in [1.807, 2.05) is 0 Å². The first-order valence-corrected chi connectivity index (χ1v) is 6.00. The second kappa shape index (κ2) is 3.67. The Hall–Kier alpha value is -0.760. The van der Waals surface area contributed by atoms with Crippen molar-refractivity contribution < 1.29 is 0 Å². The summed E-state index contributed by atoms with van der Waals surface area (Å²) >= 11 is 3.52. The molecule has 1 heterocycles. The lowest BCUT2D eigenvalue weighted by Gasteiger charge is -2.23. The number of anilines is 1. The Morgan fingerprint density at radius 1 is 1.33 bits per heavy atom. The fourth-order valence-electron chi connectivity index (χ4n) is 2.18. The number of halogens is 1. The summed E-state index contributed by atoms with van der Waals surface area (Å²) < 4.78 is 1.15. The van der Waals surface area contributed by atoms with Crippen LogP contribution in [-0.4, -0.2) is 5.54 Å². The van der Waals surface area contributed by atoms with Gasteiger partial charge in [0.15, 0.2) is 0 Å². The molecule has 0 amide bonds. The number of benzene rings is 1. The monoisotopic (exact) mass is 265 g/mol. The molecule has 2 rings (SSSR count). The molecule has 0 spiro atoms. The molecule has 0 aromatic heterocycles. The SMILES string of the molecule is CC1=CC(C)(C)Nc2ccc(Br)cc2C1. The molecule has 1 aliphatic heterocycles. The van der Waals surface area contributed by atoms with Gasteiger partial charge in [0, 0.05) is 10.2 Å². The first-order chi connectivity index (χ1) is 6.96. The Bertz CT molecular complexity index is 419. The molecule has 2 heteroatoms. The van der Waals surface area contributed by atoms with Gasteiger partial charge in [0.2, 0.25) is 0 Å². The molecule has 0 bridgehead atoms. The van der Waals surface area contributed by atoms with Crippen LogP contribution in [0.5, 0.6) is 0 Å². The van der Waals surface area contributed by atoms with E-state index in [0.717, 1.165) is 10.9 Å². The average Bonchev–Trinajstić information content (AvgIpc) is 2.18. The third-order valence-corrected chi connectivity index (χ3v) is 3.09. The Morgan fingerprint density at radius 2 is 2.07 bits per heavy atom. The highest BCUT2D eigenvalue weighted by atomic mass is 79.9. The second-order valence-corrected chi connectivity index (χ2v) is 5.73. The number of allylic oxidation sites excluding steroid dienone is 1. The van der Waals surface area contributed by atoms with Crippen LogP contribution < -0.4 is 5.32 Å². The summed E-state index contributed by atoms with van der Waals surface area (Å²) in [4.78, 5) is 0. The number of nitrogens with one attached hydrogen (secondary N) is 1. The van der Waals surface area contributed by atoms with Gasteiger partial charge in [-0.2, -0.15) is 0 Å². The lowest BCUT2D eigenvalue weighted by atomic mass is 10.0. The first-order valence-electron chi connectivity index (χ1n) is 5.21. The van der Waals surface area contributed by atoms with E-state index in [2.05, 4.69) is 66.3 Å². The van der Waals surface area contributed by atoms with Crippen molar-refractivity contribution in [2.45, 2.75) is 32.7 Å². The minimum atomic E-state index is 0.0448. The molecule has 0 unspecified atom stereocenters. The van der Waals surface area contributed by atoms with Crippen molar-refractivity contribution in [3.8, 4) is 0 Å². The summed E-state index contributed by atoms with van der Waals surface area (Å²) in [6.45, 7) is 6.60. The van der Waals surface area contributed by atoms with E-state index in [-0.39, 0.29) is 5.54 Å². The van der Waals surface area contributed by atoms with Crippen LogP contribution in [0.2, 0.25) is 0 Å². The predicted octanol–water partition coefficient (Wildman–Crippen LogP) is 4.14. The summed E-state index contributed by atoms with van der Waals surface area (Å²) in [6.07, 6.45) is 3.34. The van der Waals surface area contributed by atoms with Crippen molar-refractivity contribution in [2.75, 3.05) is 5.32 Å². The molecule has 0 saturated carbocycles. The maximum Gasteiger partial charge on any atom is 0.0502 e. The molecule has 0 fully saturated rings. The van der Waals surface area contributed by atoms with Gasteiger partial charge in [0.1, 0.15) is 0 Å². The third kappa shape index (κ3) is 2.43. The van der Waals surface area contributed by atoms with E-state index < -0.39 is 0 Å². The van der Waals surface area contributed by atoms with Crippen LogP contribution in [0.1, 0.15) is 26.3 Å². The standard InChI is InChI=1S/C13H16BrN/c1-9-6-10-7-11(14)4-5-12(10)15-13(2,3)8-9/h4-5,7-8,15H,6H2,1-3H3. The van der Waals surface area contributed by atoms with Crippen molar-refractivity contribution in [1.82, 2.24) is 0 Å². The van der Waals surface area contributed by atoms with Crippen LogP contribution in [-0.2, 0) is 6.42 Å². The summed E-state index contributed by atoms with van der Waals surface area (Å²) in [5.74, 6) is 0. The lowest BCUT2D eigenvalue weighted by Crippen LogP contribution is -2.27. The van der Waals surface area contributed by atoms with E-state index in [4.69, 9.17) is 0 Å². The van der Waals surface area contributed by atoms with Crippen molar-refractivity contribution in [3.63, 3.8) is 0 Å². The fourth-order valence-corrected chi connectivity index (χ4v) is 2.59. The number of rotatable bonds is 0. The van der Waals surface area contributed by atoms with E-state index in [9.17, 15) is 0 Å². The summed E-state index contributed by atoms with van der Waals surface area (Å²) in [7, 11) is 0. The Kier molecular flexibility index (Phi) is 2.63. The molecule has 1 aromatic carbocycles. The zero-order chi connectivity index (χ0) is 11.1. The molecule has 1 nitrogen and oxygen atoms in total. The van der Waals surface area contributed by atoms with E-state index in [1.54, 1.807) is 0 Å². The van der Waals surface area contributed by atoms with Gasteiger partial charge in [0.25, 0.3) is 0 Å². The molecule has 1 aromatic rings. The van der Waals surface area contributed by atoms with E-state index in [0.29, 0.717) is 0 Å². The average molecular weight is 266 g/mol. The molecule has 80 valence electrons. The van der Waals surface area contributed by atoms with Gasteiger partial charge < -0.3 is 5.32 Å². The van der Waals surface area contributed by atoms with Gasteiger partial charge in [-0.15, -0.1) is 0 Å². The molecule has 0 aliphatic carbocycles. The van der Waals surface area contributed by atoms with Gasteiger partial charge >= 0.3 is 0 Å². The van der Waals surface area contributed by atoms with Gasteiger partial charge in [0.05, 0.1) is 5.54 Å². The minimum Gasteiger partial charge on any atom is -0.376 e. The summed E-state index contributed by atoms with van der Waals surface area (Å²) in [5.41, 5.74) is 4.08.